The Morgan fingerprint density at radius 2 is 1.96 bits per heavy atom. The van der Waals surface area contributed by atoms with Crippen molar-refractivity contribution in [2.24, 2.45) is 0 Å². The minimum Gasteiger partial charge on any atom is -0.338 e. The predicted octanol–water partition coefficient (Wildman–Crippen LogP) is 1.75. The lowest BCUT2D eigenvalue weighted by Gasteiger charge is -2.33. The molecule has 7 nitrogen and oxygen atoms in total. The Bertz CT molecular complexity index is 869. The largest absolute Gasteiger partial charge is 0.338 e. The van der Waals surface area contributed by atoms with E-state index in [0.29, 0.717) is 41.1 Å². The molecule has 0 unspecified atom stereocenters. The van der Waals surface area contributed by atoms with E-state index in [9.17, 15) is 13.2 Å². The molecule has 136 valence electrons. The SMILES string of the molecule is Cc1nn(CC(=O)N2CCN(S(=O)(=O)c3cccs3)CC2)c(C)c1Cl. The fourth-order valence-corrected chi connectivity index (χ4v) is 5.47. The maximum atomic E-state index is 12.5. The molecule has 1 aliphatic heterocycles. The smallest absolute Gasteiger partial charge is 0.252 e. The predicted molar refractivity (Wildman–Crippen MR) is 96.4 cm³/mol. The van der Waals surface area contributed by atoms with Crippen LogP contribution in [0.3, 0.4) is 0 Å². The highest BCUT2D eigenvalue weighted by atomic mass is 35.5. The first kappa shape index (κ1) is 18.4. The Morgan fingerprint density at radius 1 is 1.28 bits per heavy atom. The number of carbonyl (C=O) groups is 1. The normalized spacial score (nSPS) is 16.4. The Balaban J connectivity index is 1.62. The van der Waals surface area contributed by atoms with E-state index in [1.54, 1.807) is 34.0 Å². The molecular weight excluding hydrogens is 384 g/mol. The molecule has 0 spiro atoms. The minimum atomic E-state index is -3.46. The van der Waals surface area contributed by atoms with Gasteiger partial charge in [0.1, 0.15) is 10.8 Å². The standard InChI is InChI=1S/C15H19ClN4O3S2/c1-11-15(16)12(2)20(17-11)10-13(21)18-5-7-19(8-6-18)25(22,23)14-4-3-9-24-14/h3-4,9H,5-8,10H2,1-2H3. The van der Waals surface area contributed by atoms with E-state index in [-0.39, 0.29) is 12.5 Å². The van der Waals surface area contributed by atoms with Crippen molar-refractivity contribution in [2.45, 2.75) is 24.6 Å². The average molecular weight is 403 g/mol. The van der Waals surface area contributed by atoms with Gasteiger partial charge in [0.15, 0.2) is 0 Å². The molecule has 0 saturated carbocycles. The van der Waals surface area contributed by atoms with Crippen molar-refractivity contribution in [1.29, 1.82) is 0 Å². The van der Waals surface area contributed by atoms with Crippen LogP contribution in [-0.4, -0.2) is 59.5 Å². The van der Waals surface area contributed by atoms with Crippen LogP contribution in [0.15, 0.2) is 21.7 Å². The van der Waals surface area contributed by atoms with Crippen molar-refractivity contribution in [2.75, 3.05) is 26.2 Å². The Labute approximate surface area is 155 Å². The van der Waals surface area contributed by atoms with Crippen LogP contribution >= 0.6 is 22.9 Å². The molecule has 25 heavy (non-hydrogen) atoms. The third-order valence-electron chi connectivity index (χ3n) is 4.26. The van der Waals surface area contributed by atoms with E-state index >= 15 is 0 Å². The number of nitrogens with zero attached hydrogens (tertiary/aromatic N) is 4. The lowest BCUT2D eigenvalue weighted by Crippen LogP contribution is -2.51. The molecule has 0 atom stereocenters. The van der Waals surface area contributed by atoms with Crippen LogP contribution in [0.4, 0.5) is 0 Å². The van der Waals surface area contributed by atoms with Crippen molar-refractivity contribution >= 4 is 38.9 Å². The van der Waals surface area contributed by atoms with Gasteiger partial charge in [-0.15, -0.1) is 11.3 Å². The van der Waals surface area contributed by atoms with Gasteiger partial charge in [0.2, 0.25) is 5.91 Å². The summed E-state index contributed by atoms with van der Waals surface area (Å²) < 4.78 is 28.4. The van der Waals surface area contributed by atoms with Gasteiger partial charge in [0.05, 0.1) is 16.4 Å². The van der Waals surface area contributed by atoms with Gasteiger partial charge < -0.3 is 4.90 Å². The van der Waals surface area contributed by atoms with Crippen molar-refractivity contribution in [3.63, 3.8) is 0 Å². The first-order valence-corrected chi connectivity index (χ1v) is 10.5. The van der Waals surface area contributed by atoms with E-state index in [0.717, 1.165) is 5.69 Å². The number of aryl methyl sites for hydroxylation is 1. The molecule has 1 aliphatic rings. The molecule has 2 aromatic rings. The summed E-state index contributed by atoms with van der Waals surface area (Å²) in [6, 6.07) is 3.32. The van der Waals surface area contributed by atoms with Crippen LogP contribution in [0.2, 0.25) is 5.02 Å². The van der Waals surface area contributed by atoms with Crippen LogP contribution in [0.5, 0.6) is 0 Å². The summed E-state index contributed by atoms with van der Waals surface area (Å²) in [5, 5.41) is 6.58. The van der Waals surface area contributed by atoms with Crippen molar-refractivity contribution in [3.8, 4) is 0 Å². The fourth-order valence-electron chi connectivity index (χ4n) is 2.77. The van der Waals surface area contributed by atoms with E-state index in [1.165, 1.54) is 15.6 Å². The molecule has 3 rings (SSSR count). The van der Waals surface area contributed by atoms with E-state index in [4.69, 9.17) is 11.6 Å². The summed E-state index contributed by atoms with van der Waals surface area (Å²) in [6.07, 6.45) is 0. The summed E-state index contributed by atoms with van der Waals surface area (Å²) in [4.78, 5) is 14.2. The summed E-state index contributed by atoms with van der Waals surface area (Å²) in [5.74, 6) is -0.0876. The summed E-state index contributed by atoms with van der Waals surface area (Å²) >= 11 is 7.31. The number of thiophene rings is 1. The van der Waals surface area contributed by atoms with Crippen molar-refractivity contribution in [1.82, 2.24) is 19.0 Å². The van der Waals surface area contributed by atoms with Crippen molar-refractivity contribution in [3.05, 3.63) is 33.9 Å². The molecule has 1 saturated heterocycles. The van der Waals surface area contributed by atoms with Crippen LogP contribution in [0.25, 0.3) is 0 Å². The van der Waals surface area contributed by atoms with Gasteiger partial charge >= 0.3 is 0 Å². The first-order valence-electron chi connectivity index (χ1n) is 7.81. The van der Waals surface area contributed by atoms with E-state index in [1.807, 2.05) is 6.92 Å². The highest BCUT2D eigenvalue weighted by Gasteiger charge is 2.30. The maximum absolute atomic E-state index is 12.5. The highest BCUT2D eigenvalue weighted by molar-refractivity contribution is 7.91. The molecule has 1 amide bonds. The molecule has 0 bridgehead atoms. The van der Waals surface area contributed by atoms with Crippen LogP contribution in [-0.2, 0) is 21.4 Å². The summed E-state index contributed by atoms with van der Waals surface area (Å²) in [6.45, 7) is 5.06. The maximum Gasteiger partial charge on any atom is 0.252 e. The summed E-state index contributed by atoms with van der Waals surface area (Å²) in [5.41, 5.74) is 1.45. The first-order chi connectivity index (χ1) is 11.8. The third kappa shape index (κ3) is 3.59. The van der Waals surface area contributed by atoms with Gasteiger partial charge in [-0.2, -0.15) is 9.40 Å². The molecular formula is C15H19ClN4O3S2. The highest BCUT2D eigenvalue weighted by Crippen LogP contribution is 2.22. The number of rotatable bonds is 4. The molecule has 0 aromatic carbocycles. The number of aromatic nitrogens is 2. The fraction of sp³-hybridized carbons (Fsp3) is 0.467. The zero-order valence-corrected chi connectivity index (χ0v) is 16.4. The number of amides is 1. The van der Waals surface area contributed by atoms with Gasteiger partial charge in [0, 0.05) is 26.2 Å². The Hall–Kier alpha value is -1.42. The second-order valence-corrected chi connectivity index (χ2v) is 9.35. The molecule has 3 heterocycles. The lowest BCUT2D eigenvalue weighted by atomic mass is 10.3. The summed E-state index contributed by atoms with van der Waals surface area (Å²) in [7, 11) is -3.46. The van der Waals surface area contributed by atoms with E-state index < -0.39 is 10.0 Å². The lowest BCUT2D eigenvalue weighted by molar-refractivity contribution is -0.133. The third-order valence-corrected chi connectivity index (χ3v) is 8.08. The minimum absolute atomic E-state index is 0.0876. The number of sulfonamides is 1. The number of halogens is 1. The molecule has 1 fully saturated rings. The number of hydrogen-bond acceptors (Lipinski definition) is 5. The molecule has 0 N–H and O–H groups in total. The zero-order chi connectivity index (χ0) is 18.2. The van der Waals surface area contributed by atoms with Gasteiger partial charge in [-0.3, -0.25) is 9.48 Å². The Morgan fingerprint density at radius 3 is 2.48 bits per heavy atom. The zero-order valence-electron chi connectivity index (χ0n) is 14.0. The van der Waals surface area contributed by atoms with Crippen LogP contribution in [0.1, 0.15) is 11.4 Å². The second-order valence-electron chi connectivity index (χ2n) is 5.86. The topological polar surface area (TPSA) is 75.5 Å². The second kappa shape index (κ2) is 7.06. The monoisotopic (exact) mass is 402 g/mol. The quantitative estimate of drug-likeness (QED) is 0.780. The molecule has 10 heteroatoms. The average Bonchev–Trinajstić information content (AvgIpc) is 3.21. The van der Waals surface area contributed by atoms with Gasteiger partial charge in [-0.1, -0.05) is 17.7 Å². The number of hydrogen-bond donors (Lipinski definition) is 0. The van der Waals surface area contributed by atoms with Gasteiger partial charge in [-0.05, 0) is 25.3 Å². The molecule has 0 radical (unpaired) electrons. The van der Waals surface area contributed by atoms with Crippen LogP contribution < -0.4 is 0 Å². The van der Waals surface area contributed by atoms with Crippen LogP contribution in [0, 0.1) is 13.8 Å². The molecule has 2 aromatic heterocycles. The van der Waals surface area contributed by atoms with E-state index in [2.05, 4.69) is 5.10 Å². The molecule has 0 aliphatic carbocycles. The van der Waals surface area contributed by atoms with Gasteiger partial charge in [0.25, 0.3) is 10.0 Å². The number of piperazine rings is 1. The number of carbonyl (C=O) groups excluding carboxylic acids is 1. The van der Waals surface area contributed by atoms with Gasteiger partial charge in [-0.25, -0.2) is 8.42 Å². The van der Waals surface area contributed by atoms with Crippen molar-refractivity contribution < 1.29 is 13.2 Å². The Kier molecular flexibility index (Phi) is 5.19.